The summed E-state index contributed by atoms with van der Waals surface area (Å²) in [6.45, 7) is 1.28. The smallest absolute Gasteiger partial charge is 0.259 e. The fourth-order valence-electron chi connectivity index (χ4n) is 2.80. The van der Waals surface area contributed by atoms with Gasteiger partial charge in [-0.05, 0) is 49.4 Å². The van der Waals surface area contributed by atoms with Crippen molar-refractivity contribution in [1.82, 2.24) is 10.3 Å². The number of nitrogens with zero attached hydrogens (tertiary/aromatic N) is 2. The van der Waals surface area contributed by atoms with Gasteiger partial charge in [0.05, 0.1) is 5.56 Å². The highest BCUT2D eigenvalue weighted by Gasteiger charge is 2.25. The summed E-state index contributed by atoms with van der Waals surface area (Å²) in [7, 11) is 1.82. The Morgan fingerprint density at radius 3 is 2.92 bits per heavy atom. The van der Waals surface area contributed by atoms with Crippen molar-refractivity contribution in [1.29, 1.82) is 0 Å². The van der Waals surface area contributed by atoms with Gasteiger partial charge in [-0.15, -0.1) is 0 Å². The van der Waals surface area contributed by atoms with Gasteiger partial charge in [-0.1, -0.05) is 0 Å². The third-order valence-electron chi connectivity index (χ3n) is 4.01. The molecule has 1 aliphatic heterocycles. The molecule has 1 aliphatic rings. The minimum Gasteiger partial charge on any atom is -0.326 e. The molecule has 1 aromatic heterocycles. The molecule has 0 bridgehead atoms. The molecule has 1 aromatic carbocycles. The van der Waals surface area contributed by atoms with E-state index in [0.717, 1.165) is 23.4 Å². The van der Waals surface area contributed by atoms with Gasteiger partial charge in [0, 0.05) is 43.3 Å². The second-order valence-electron chi connectivity index (χ2n) is 5.69. The van der Waals surface area contributed by atoms with Crippen molar-refractivity contribution in [2.24, 2.45) is 0 Å². The maximum Gasteiger partial charge on any atom is 0.259 e. The number of rotatable bonds is 5. The number of fused-ring (bicyclic) bond motifs is 1. The van der Waals surface area contributed by atoms with Crippen LogP contribution in [0.4, 0.5) is 11.4 Å². The lowest BCUT2D eigenvalue weighted by Gasteiger charge is -2.17. The van der Waals surface area contributed by atoms with Crippen molar-refractivity contribution >= 4 is 23.2 Å². The first kappa shape index (κ1) is 16.1. The SMILES string of the molecule is CNCCC(=O)Nc1ccc2c(c1)CCN2C(=O)c1cccnc1. The van der Waals surface area contributed by atoms with Gasteiger partial charge in [0.1, 0.15) is 0 Å². The highest BCUT2D eigenvalue weighted by Crippen LogP contribution is 2.31. The molecule has 124 valence electrons. The van der Waals surface area contributed by atoms with Crippen LogP contribution in [0.5, 0.6) is 0 Å². The molecule has 2 amide bonds. The van der Waals surface area contributed by atoms with E-state index in [-0.39, 0.29) is 11.8 Å². The van der Waals surface area contributed by atoms with E-state index in [1.54, 1.807) is 29.4 Å². The third-order valence-corrected chi connectivity index (χ3v) is 4.01. The topological polar surface area (TPSA) is 74.3 Å². The standard InChI is InChI=1S/C18H20N4O2/c1-19-9-6-17(23)21-15-4-5-16-13(11-15)7-10-22(16)18(24)14-3-2-8-20-12-14/h2-5,8,11-12,19H,6-7,9-10H2,1H3,(H,21,23). The Labute approximate surface area is 140 Å². The molecule has 2 heterocycles. The fraction of sp³-hybridized carbons (Fsp3) is 0.278. The molecule has 0 saturated carbocycles. The zero-order chi connectivity index (χ0) is 16.9. The second-order valence-corrected chi connectivity index (χ2v) is 5.69. The van der Waals surface area contributed by atoms with Crippen LogP contribution >= 0.6 is 0 Å². The lowest BCUT2D eigenvalue weighted by Crippen LogP contribution is -2.28. The van der Waals surface area contributed by atoms with Crippen LogP contribution < -0.4 is 15.5 Å². The molecule has 0 fully saturated rings. The van der Waals surface area contributed by atoms with Crippen LogP contribution in [0.3, 0.4) is 0 Å². The first-order chi connectivity index (χ1) is 11.7. The largest absolute Gasteiger partial charge is 0.326 e. The average Bonchev–Trinajstić information content (AvgIpc) is 3.03. The first-order valence-corrected chi connectivity index (χ1v) is 7.98. The molecule has 0 unspecified atom stereocenters. The summed E-state index contributed by atoms with van der Waals surface area (Å²) in [5.74, 6) is -0.0711. The van der Waals surface area contributed by atoms with Crippen molar-refractivity contribution in [3.8, 4) is 0 Å². The molecule has 6 nitrogen and oxygen atoms in total. The number of benzene rings is 1. The maximum atomic E-state index is 12.6. The van der Waals surface area contributed by atoms with Crippen molar-refractivity contribution in [3.63, 3.8) is 0 Å². The summed E-state index contributed by atoms with van der Waals surface area (Å²) >= 11 is 0. The molecule has 3 rings (SSSR count). The van der Waals surface area contributed by atoms with E-state index in [2.05, 4.69) is 15.6 Å². The van der Waals surface area contributed by atoms with Gasteiger partial charge in [-0.2, -0.15) is 0 Å². The lowest BCUT2D eigenvalue weighted by atomic mass is 10.1. The van der Waals surface area contributed by atoms with Gasteiger partial charge < -0.3 is 15.5 Å². The van der Waals surface area contributed by atoms with Gasteiger partial charge in [-0.25, -0.2) is 0 Å². The van der Waals surface area contributed by atoms with Gasteiger partial charge in [0.2, 0.25) is 5.91 Å². The molecule has 24 heavy (non-hydrogen) atoms. The van der Waals surface area contributed by atoms with Crippen LogP contribution in [0, 0.1) is 0 Å². The number of nitrogens with one attached hydrogen (secondary N) is 2. The number of hydrogen-bond donors (Lipinski definition) is 2. The lowest BCUT2D eigenvalue weighted by molar-refractivity contribution is -0.116. The van der Waals surface area contributed by atoms with E-state index in [1.807, 2.05) is 25.2 Å². The zero-order valence-corrected chi connectivity index (χ0v) is 13.6. The van der Waals surface area contributed by atoms with E-state index < -0.39 is 0 Å². The Balaban J connectivity index is 1.74. The zero-order valence-electron chi connectivity index (χ0n) is 13.6. The Morgan fingerprint density at radius 2 is 2.17 bits per heavy atom. The second kappa shape index (κ2) is 7.23. The molecule has 0 atom stereocenters. The summed E-state index contributed by atoms with van der Waals surface area (Å²) in [6.07, 6.45) is 4.44. The first-order valence-electron chi connectivity index (χ1n) is 7.98. The van der Waals surface area contributed by atoms with Crippen molar-refractivity contribution < 1.29 is 9.59 Å². The normalized spacial score (nSPS) is 12.8. The van der Waals surface area contributed by atoms with Gasteiger partial charge in [0.15, 0.2) is 0 Å². The minimum absolute atomic E-state index is 0.0226. The van der Waals surface area contributed by atoms with Gasteiger partial charge >= 0.3 is 0 Å². The van der Waals surface area contributed by atoms with Crippen molar-refractivity contribution in [3.05, 3.63) is 53.9 Å². The van der Waals surface area contributed by atoms with Gasteiger partial charge in [0.25, 0.3) is 5.91 Å². The van der Waals surface area contributed by atoms with Crippen molar-refractivity contribution in [2.75, 3.05) is 30.4 Å². The van der Waals surface area contributed by atoms with Crippen LogP contribution in [0.25, 0.3) is 0 Å². The summed E-state index contributed by atoms with van der Waals surface area (Å²) in [5.41, 5.74) is 3.32. The molecule has 2 N–H and O–H groups in total. The van der Waals surface area contributed by atoms with Gasteiger partial charge in [-0.3, -0.25) is 14.6 Å². The monoisotopic (exact) mass is 324 g/mol. The number of carbonyl (C=O) groups excluding carboxylic acids is 2. The Bertz CT molecular complexity index is 746. The highest BCUT2D eigenvalue weighted by molar-refractivity contribution is 6.07. The molecule has 0 saturated heterocycles. The van der Waals surface area contributed by atoms with E-state index in [0.29, 0.717) is 25.1 Å². The predicted octanol–water partition coefficient (Wildman–Crippen LogP) is 1.83. The maximum absolute atomic E-state index is 12.6. The summed E-state index contributed by atoms with van der Waals surface area (Å²) in [4.78, 5) is 30.2. The van der Waals surface area contributed by atoms with E-state index in [9.17, 15) is 9.59 Å². The van der Waals surface area contributed by atoms with Crippen LogP contribution in [0.2, 0.25) is 0 Å². The Morgan fingerprint density at radius 1 is 1.29 bits per heavy atom. The van der Waals surface area contributed by atoms with Crippen LogP contribution in [-0.2, 0) is 11.2 Å². The van der Waals surface area contributed by atoms with Crippen LogP contribution in [0.1, 0.15) is 22.3 Å². The number of carbonyl (C=O) groups is 2. The van der Waals surface area contributed by atoms with E-state index in [4.69, 9.17) is 0 Å². The summed E-state index contributed by atoms with van der Waals surface area (Å²) < 4.78 is 0. The van der Waals surface area contributed by atoms with E-state index in [1.165, 1.54) is 0 Å². The summed E-state index contributed by atoms with van der Waals surface area (Å²) in [6, 6.07) is 9.20. The van der Waals surface area contributed by atoms with E-state index >= 15 is 0 Å². The highest BCUT2D eigenvalue weighted by atomic mass is 16.2. The minimum atomic E-state index is -0.0485. The molecular formula is C18H20N4O2. The molecule has 0 aliphatic carbocycles. The number of anilines is 2. The fourth-order valence-corrected chi connectivity index (χ4v) is 2.80. The Hall–Kier alpha value is -2.73. The predicted molar refractivity (Wildman–Crippen MR) is 93.2 cm³/mol. The molecule has 2 aromatic rings. The Kier molecular flexibility index (Phi) is 4.86. The molecular weight excluding hydrogens is 304 g/mol. The number of pyridine rings is 1. The summed E-state index contributed by atoms with van der Waals surface area (Å²) in [5, 5.41) is 5.84. The number of hydrogen-bond acceptors (Lipinski definition) is 4. The van der Waals surface area contributed by atoms with Crippen LogP contribution in [0.15, 0.2) is 42.7 Å². The molecule has 0 spiro atoms. The molecule has 6 heteroatoms. The average molecular weight is 324 g/mol. The third kappa shape index (κ3) is 3.44. The number of aromatic nitrogens is 1. The number of amides is 2. The van der Waals surface area contributed by atoms with Crippen molar-refractivity contribution in [2.45, 2.75) is 12.8 Å². The quantitative estimate of drug-likeness (QED) is 0.880. The van der Waals surface area contributed by atoms with Crippen LogP contribution in [-0.4, -0.2) is 36.9 Å². The molecule has 0 radical (unpaired) electrons.